The van der Waals surface area contributed by atoms with E-state index in [2.05, 4.69) is 5.32 Å². The van der Waals surface area contributed by atoms with E-state index in [0.717, 1.165) is 0 Å². The van der Waals surface area contributed by atoms with Crippen molar-refractivity contribution in [2.24, 2.45) is 11.7 Å². The molecule has 0 aromatic rings. The van der Waals surface area contributed by atoms with Crippen LogP contribution in [0.2, 0.25) is 0 Å². The van der Waals surface area contributed by atoms with E-state index in [-0.39, 0.29) is 36.7 Å². The maximum absolute atomic E-state index is 10.9. The molecule has 0 fully saturated rings. The van der Waals surface area contributed by atoms with Gasteiger partial charge < -0.3 is 5.32 Å². The van der Waals surface area contributed by atoms with E-state index in [1.807, 2.05) is 24.7 Å². The molecule has 0 bridgehead atoms. The van der Waals surface area contributed by atoms with Gasteiger partial charge in [-0.3, -0.25) is 20.4 Å². The summed E-state index contributed by atoms with van der Waals surface area (Å²) >= 11 is 0. The van der Waals surface area contributed by atoms with Crippen molar-refractivity contribution in [1.29, 1.82) is 0 Å². The van der Waals surface area contributed by atoms with Gasteiger partial charge in [0.2, 0.25) is 11.8 Å². The molecule has 0 aliphatic carbocycles. The summed E-state index contributed by atoms with van der Waals surface area (Å²) in [5, 5.41) is 3.08. The van der Waals surface area contributed by atoms with E-state index < -0.39 is 0 Å². The summed E-state index contributed by atoms with van der Waals surface area (Å²) in [6.07, 6.45) is 0.538. The van der Waals surface area contributed by atoms with Gasteiger partial charge in [-0.2, -0.15) is 0 Å². The lowest BCUT2D eigenvalue weighted by Gasteiger charge is -2.18. The lowest BCUT2D eigenvalue weighted by atomic mass is 10.1. The number of nitrogens with two attached hydrogens (primary N) is 2. The van der Waals surface area contributed by atoms with Crippen molar-refractivity contribution in [3.8, 4) is 0 Å². The van der Waals surface area contributed by atoms with Gasteiger partial charge in [0, 0.05) is 24.9 Å². The molecule has 0 aliphatic heterocycles. The molecule has 0 aliphatic rings. The molecule has 7 nitrogen and oxygen atoms in total. The van der Waals surface area contributed by atoms with Crippen LogP contribution in [-0.2, 0) is 9.59 Å². The number of amides is 2. The molecule has 0 spiro atoms. The molecule has 0 heterocycles. The van der Waals surface area contributed by atoms with Gasteiger partial charge in [0.05, 0.1) is 0 Å². The van der Waals surface area contributed by atoms with Gasteiger partial charge in [0.1, 0.15) is 0 Å². The average Bonchev–Trinajstić information content (AvgIpc) is 2.16. The Labute approximate surface area is 88.9 Å². The van der Waals surface area contributed by atoms with Crippen molar-refractivity contribution in [2.75, 3.05) is 0 Å². The van der Waals surface area contributed by atoms with Crippen molar-refractivity contribution in [3.63, 3.8) is 0 Å². The van der Waals surface area contributed by atoms with Crippen molar-refractivity contribution >= 4 is 11.8 Å². The number of hydrazine groups is 2. The molecule has 0 radical (unpaired) electrons. The van der Waals surface area contributed by atoms with Crippen molar-refractivity contribution < 1.29 is 9.59 Å². The summed E-state index contributed by atoms with van der Waals surface area (Å²) in [6.45, 7) is 3.68. The van der Waals surface area contributed by atoms with Crippen LogP contribution >= 0.6 is 0 Å². The minimum absolute atomic E-state index is 0.0471. The van der Waals surface area contributed by atoms with Crippen LogP contribution in [0.4, 0.5) is 0 Å². The van der Waals surface area contributed by atoms with E-state index >= 15 is 0 Å². The predicted octanol–water partition coefficient (Wildman–Crippen LogP) is -1.89. The predicted molar refractivity (Wildman–Crippen MR) is 56.0 cm³/mol. The molecule has 7 N–H and O–H groups in total. The van der Waals surface area contributed by atoms with Crippen molar-refractivity contribution in [1.82, 2.24) is 16.2 Å². The van der Waals surface area contributed by atoms with Gasteiger partial charge in [-0.05, 0) is 13.8 Å². The molecule has 2 atom stereocenters. The molecule has 0 saturated heterocycles. The maximum atomic E-state index is 10.9. The van der Waals surface area contributed by atoms with Gasteiger partial charge >= 0.3 is 0 Å². The zero-order valence-electron chi connectivity index (χ0n) is 9.04. The fourth-order valence-corrected chi connectivity index (χ4v) is 1.28. The Morgan fingerprint density at radius 3 is 1.60 bits per heavy atom. The smallest absolute Gasteiger partial charge is 0.235 e. The number of hydrogen-bond acceptors (Lipinski definition) is 5. The summed E-state index contributed by atoms with van der Waals surface area (Å²) < 4.78 is 0. The van der Waals surface area contributed by atoms with Crippen LogP contribution in [0.3, 0.4) is 0 Å². The molecule has 7 heteroatoms. The zero-order valence-corrected chi connectivity index (χ0v) is 9.04. The molecular weight excluding hydrogens is 198 g/mol. The summed E-state index contributed by atoms with van der Waals surface area (Å²) in [6, 6.07) is -0.0942. The fourth-order valence-electron chi connectivity index (χ4n) is 1.28. The lowest BCUT2D eigenvalue weighted by molar-refractivity contribution is -0.121. The monoisotopic (exact) mass is 217 g/mol. The van der Waals surface area contributed by atoms with Crippen LogP contribution in [0.25, 0.3) is 0 Å². The van der Waals surface area contributed by atoms with Gasteiger partial charge in [0.15, 0.2) is 0 Å². The SMILES string of the molecule is CC(CC(=O)NN)NC(C)CC(=O)NN. The molecular formula is C8H19N5O2. The highest BCUT2D eigenvalue weighted by atomic mass is 16.2. The molecule has 0 aromatic carbocycles. The van der Waals surface area contributed by atoms with E-state index in [1.54, 1.807) is 0 Å². The summed E-state index contributed by atoms with van der Waals surface area (Å²) in [7, 11) is 0. The van der Waals surface area contributed by atoms with E-state index in [0.29, 0.717) is 0 Å². The molecule has 0 saturated carbocycles. The molecule has 88 valence electrons. The number of rotatable bonds is 6. The fraction of sp³-hybridized carbons (Fsp3) is 0.750. The quantitative estimate of drug-likeness (QED) is 0.202. The van der Waals surface area contributed by atoms with Gasteiger partial charge in [0.25, 0.3) is 0 Å². The molecule has 0 rings (SSSR count). The van der Waals surface area contributed by atoms with Crippen LogP contribution < -0.4 is 27.9 Å². The zero-order chi connectivity index (χ0) is 11.8. The molecule has 15 heavy (non-hydrogen) atoms. The Morgan fingerprint density at radius 2 is 1.33 bits per heavy atom. The number of hydrogen-bond donors (Lipinski definition) is 5. The van der Waals surface area contributed by atoms with E-state index in [1.165, 1.54) is 0 Å². The molecule has 2 unspecified atom stereocenters. The standard InChI is InChI=1S/C8H19N5O2/c1-5(3-7(14)12-9)11-6(2)4-8(15)13-10/h5-6,11H,3-4,9-10H2,1-2H3,(H,12,14)(H,13,15). The first kappa shape index (κ1) is 13.8. The van der Waals surface area contributed by atoms with Crippen LogP contribution in [-0.4, -0.2) is 23.9 Å². The van der Waals surface area contributed by atoms with Crippen LogP contribution in [0.1, 0.15) is 26.7 Å². The van der Waals surface area contributed by atoms with Crippen LogP contribution in [0, 0.1) is 0 Å². The highest BCUT2D eigenvalue weighted by Crippen LogP contribution is 1.96. The largest absolute Gasteiger partial charge is 0.311 e. The Bertz CT molecular complexity index is 199. The molecule has 0 aromatic heterocycles. The number of nitrogens with one attached hydrogen (secondary N) is 3. The Hall–Kier alpha value is -1.18. The highest BCUT2D eigenvalue weighted by Gasteiger charge is 2.13. The molecule has 2 amide bonds. The summed E-state index contributed by atoms with van der Waals surface area (Å²) in [5.74, 6) is 9.40. The number of carbonyl (C=O) groups is 2. The third kappa shape index (κ3) is 6.83. The first-order chi connectivity index (χ1) is 6.99. The second-order valence-electron chi connectivity index (χ2n) is 3.51. The van der Waals surface area contributed by atoms with Gasteiger partial charge in [-0.1, -0.05) is 0 Å². The maximum Gasteiger partial charge on any atom is 0.235 e. The van der Waals surface area contributed by atoms with Gasteiger partial charge in [-0.25, -0.2) is 11.7 Å². The minimum atomic E-state index is -0.245. The topological polar surface area (TPSA) is 122 Å². The second-order valence-corrected chi connectivity index (χ2v) is 3.51. The highest BCUT2D eigenvalue weighted by molar-refractivity contribution is 5.76. The van der Waals surface area contributed by atoms with E-state index in [9.17, 15) is 9.59 Å². The second kappa shape index (κ2) is 7.16. The van der Waals surface area contributed by atoms with Crippen molar-refractivity contribution in [2.45, 2.75) is 38.8 Å². The normalized spacial score (nSPS) is 14.1. The third-order valence-corrected chi connectivity index (χ3v) is 1.87. The number of carbonyl (C=O) groups excluding carboxylic acids is 2. The Balaban J connectivity index is 3.80. The minimum Gasteiger partial charge on any atom is -0.311 e. The van der Waals surface area contributed by atoms with Crippen LogP contribution in [0.5, 0.6) is 0 Å². The Morgan fingerprint density at radius 1 is 1.00 bits per heavy atom. The van der Waals surface area contributed by atoms with Crippen LogP contribution in [0.15, 0.2) is 0 Å². The first-order valence-electron chi connectivity index (χ1n) is 4.74. The summed E-state index contributed by atoms with van der Waals surface area (Å²) in [4.78, 5) is 21.8. The average molecular weight is 217 g/mol. The Kier molecular flexibility index (Phi) is 6.59. The van der Waals surface area contributed by atoms with E-state index in [4.69, 9.17) is 11.7 Å². The van der Waals surface area contributed by atoms with Gasteiger partial charge in [-0.15, -0.1) is 0 Å². The van der Waals surface area contributed by atoms with Crippen molar-refractivity contribution in [3.05, 3.63) is 0 Å². The third-order valence-electron chi connectivity index (χ3n) is 1.87. The first-order valence-corrected chi connectivity index (χ1v) is 4.74. The lowest BCUT2D eigenvalue weighted by Crippen LogP contribution is -2.43. The summed E-state index contributed by atoms with van der Waals surface area (Å²) in [5.41, 5.74) is 4.09.